The van der Waals surface area contributed by atoms with E-state index in [0.717, 1.165) is 31.0 Å². The highest BCUT2D eigenvalue weighted by Crippen LogP contribution is 2.25. The maximum atomic E-state index is 6.12. The Labute approximate surface area is 103 Å². The van der Waals surface area contributed by atoms with E-state index in [2.05, 4.69) is 24.0 Å². The fraction of sp³-hybridized carbons (Fsp3) is 0.846. The molecule has 0 amide bonds. The van der Waals surface area contributed by atoms with Gasteiger partial charge in [-0.1, -0.05) is 31.8 Å². The molecular weight excluding hydrogens is 214 g/mol. The van der Waals surface area contributed by atoms with Gasteiger partial charge in [0.1, 0.15) is 0 Å². The molecule has 1 aromatic heterocycles. The van der Waals surface area contributed by atoms with Crippen molar-refractivity contribution in [3.05, 3.63) is 11.7 Å². The van der Waals surface area contributed by atoms with Crippen molar-refractivity contribution < 1.29 is 4.52 Å². The first-order chi connectivity index (χ1) is 8.15. The van der Waals surface area contributed by atoms with Crippen molar-refractivity contribution in [3.8, 4) is 0 Å². The van der Waals surface area contributed by atoms with Gasteiger partial charge in [0.05, 0.1) is 0 Å². The zero-order chi connectivity index (χ0) is 12.3. The SMILES string of the molecule is CC(C)Cc1noc(CC2CCCCC2N)n1. The van der Waals surface area contributed by atoms with Crippen LogP contribution in [0.2, 0.25) is 0 Å². The zero-order valence-electron chi connectivity index (χ0n) is 10.9. The minimum absolute atomic E-state index is 0.309. The molecule has 1 aliphatic rings. The topological polar surface area (TPSA) is 64.9 Å². The first-order valence-corrected chi connectivity index (χ1v) is 6.72. The molecule has 0 bridgehead atoms. The molecule has 0 aliphatic heterocycles. The van der Waals surface area contributed by atoms with Gasteiger partial charge in [0.25, 0.3) is 0 Å². The van der Waals surface area contributed by atoms with Crippen molar-refractivity contribution in [1.82, 2.24) is 10.1 Å². The van der Waals surface area contributed by atoms with Crippen molar-refractivity contribution in [2.75, 3.05) is 0 Å². The third kappa shape index (κ3) is 3.53. The third-order valence-electron chi connectivity index (χ3n) is 3.51. The first kappa shape index (κ1) is 12.6. The van der Waals surface area contributed by atoms with Crippen LogP contribution in [0.3, 0.4) is 0 Å². The Morgan fingerprint density at radius 3 is 2.82 bits per heavy atom. The van der Waals surface area contributed by atoms with Gasteiger partial charge in [-0.25, -0.2) is 0 Å². The first-order valence-electron chi connectivity index (χ1n) is 6.72. The van der Waals surface area contributed by atoms with Crippen molar-refractivity contribution in [1.29, 1.82) is 0 Å². The van der Waals surface area contributed by atoms with Crippen LogP contribution in [0.5, 0.6) is 0 Å². The van der Waals surface area contributed by atoms with Crippen LogP contribution in [0.15, 0.2) is 4.52 Å². The van der Waals surface area contributed by atoms with E-state index in [1.807, 2.05) is 0 Å². The molecule has 0 saturated heterocycles. The van der Waals surface area contributed by atoms with Crippen LogP contribution in [-0.4, -0.2) is 16.2 Å². The van der Waals surface area contributed by atoms with Gasteiger partial charge in [0.2, 0.25) is 5.89 Å². The second-order valence-corrected chi connectivity index (χ2v) is 5.61. The van der Waals surface area contributed by atoms with Crippen molar-refractivity contribution in [2.45, 2.75) is 58.4 Å². The predicted molar refractivity (Wildman–Crippen MR) is 66.5 cm³/mol. The fourth-order valence-electron chi connectivity index (χ4n) is 2.54. The molecule has 1 fully saturated rings. The van der Waals surface area contributed by atoms with E-state index in [9.17, 15) is 0 Å². The number of aromatic nitrogens is 2. The van der Waals surface area contributed by atoms with Gasteiger partial charge in [-0.15, -0.1) is 0 Å². The van der Waals surface area contributed by atoms with E-state index in [0.29, 0.717) is 17.9 Å². The number of hydrogen-bond acceptors (Lipinski definition) is 4. The van der Waals surface area contributed by atoms with Gasteiger partial charge >= 0.3 is 0 Å². The molecule has 2 unspecified atom stereocenters. The van der Waals surface area contributed by atoms with Crippen LogP contribution in [0, 0.1) is 11.8 Å². The molecule has 2 atom stereocenters. The van der Waals surface area contributed by atoms with E-state index in [1.54, 1.807) is 0 Å². The molecule has 1 aromatic rings. The summed E-state index contributed by atoms with van der Waals surface area (Å²) in [6.07, 6.45) is 6.62. The third-order valence-corrected chi connectivity index (χ3v) is 3.51. The highest BCUT2D eigenvalue weighted by atomic mass is 16.5. The van der Waals surface area contributed by atoms with Gasteiger partial charge in [-0.3, -0.25) is 0 Å². The van der Waals surface area contributed by atoms with Gasteiger partial charge in [0, 0.05) is 18.9 Å². The number of nitrogens with zero attached hydrogens (tertiary/aromatic N) is 2. The largest absolute Gasteiger partial charge is 0.339 e. The smallest absolute Gasteiger partial charge is 0.226 e. The highest BCUT2D eigenvalue weighted by Gasteiger charge is 2.24. The average molecular weight is 237 g/mol. The lowest BCUT2D eigenvalue weighted by atomic mass is 9.83. The molecule has 4 heteroatoms. The van der Waals surface area contributed by atoms with Crippen LogP contribution in [-0.2, 0) is 12.8 Å². The van der Waals surface area contributed by atoms with E-state index < -0.39 is 0 Å². The molecule has 1 aliphatic carbocycles. The lowest BCUT2D eigenvalue weighted by Crippen LogP contribution is -2.34. The van der Waals surface area contributed by atoms with Crippen LogP contribution in [0.1, 0.15) is 51.2 Å². The molecule has 17 heavy (non-hydrogen) atoms. The quantitative estimate of drug-likeness (QED) is 0.872. The Hall–Kier alpha value is -0.900. The van der Waals surface area contributed by atoms with E-state index >= 15 is 0 Å². The van der Waals surface area contributed by atoms with Crippen molar-refractivity contribution in [3.63, 3.8) is 0 Å². The molecule has 0 radical (unpaired) electrons. The summed E-state index contributed by atoms with van der Waals surface area (Å²) in [5, 5.41) is 4.02. The van der Waals surface area contributed by atoms with Gasteiger partial charge in [-0.05, 0) is 24.7 Å². The number of nitrogens with two attached hydrogens (primary N) is 1. The Bertz CT molecular complexity index is 348. The summed E-state index contributed by atoms with van der Waals surface area (Å²) in [4.78, 5) is 4.45. The monoisotopic (exact) mass is 237 g/mol. The Morgan fingerprint density at radius 1 is 1.35 bits per heavy atom. The minimum atomic E-state index is 0.309. The molecule has 4 nitrogen and oxygen atoms in total. The van der Waals surface area contributed by atoms with Gasteiger partial charge in [0.15, 0.2) is 5.82 Å². The van der Waals surface area contributed by atoms with Crippen LogP contribution in [0.25, 0.3) is 0 Å². The Kier molecular flexibility index (Phi) is 4.15. The Balaban J connectivity index is 1.91. The van der Waals surface area contributed by atoms with E-state index in [4.69, 9.17) is 10.3 Å². The summed E-state index contributed by atoms with van der Waals surface area (Å²) < 4.78 is 5.30. The summed E-state index contributed by atoms with van der Waals surface area (Å²) in [6.45, 7) is 4.32. The molecular formula is C13H23N3O. The highest BCUT2D eigenvalue weighted by molar-refractivity contribution is 4.91. The fourth-order valence-corrected chi connectivity index (χ4v) is 2.54. The lowest BCUT2D eigenvalue weighted by Gasteiger charge is -2.27. The Morgan fingerprint density at radius 2 is 2.12 bits per heavy atom. The number of rotatable bonds is 4. The minimum Gasteiger partial charge on any atom is -0.339 e. The molecule has 0 aromatic carbocycles. The second kappa shape index (κ2) is 5.63. The molecule has 0 spiro atoms. The maximum absolute atomic E-state index is 6.12. The van der Waals surface area contributed by atoms with Gasteiger partial charge < -0.3 is 10.3 Å². The molecule has 96 valence electrons. The molecule has 1 saturated carbocycles. The zero-order valence-corrected chi connectivity index (χ0v) is 10.9. The standard InChI is InChI=1S/C13H23N3O/c1-9(2)7-12-15-13(17-16-12)8-10-5-3-4-6-11(10)14/h9-11H,3-8,14H2,1-2H3. The summed E-state index contributed by atoms with van der Waals surface area (Å²) in [6, 6.07) is 0.309. The average Bonchev–Trinajstić information content (AvgIpc) is 2.68. The number of hydrogen-bond donors (Lipinski definition) is 1. The van der Waals surface area contributed by atoms with Crippen LogP contribution < -0.4 is 5.73 Å². The normalized spacial score (nSPS) is 25.4. The lowest BCUT2D eigenvalue weighted by molar-refractivity contribution is 0.272. The molecule has 2 rings (SSSR count). The molecule has 1 heterocycles. The summed E-state index contributed by atoms with van der Waals surface area (Å²) >= 11 is 0. The maximum Gasteiger partial charge on any atom is 0.226 e. The predicted octanol–water partition coefficient (Wildman–Crippen LogP) is 2.33. The van der Waals surface area contributed by atoms with Crippen LogP contribution >= 0.6 is 0 Å². The van der Waals surface area contributed by atoms with E-state index in [1.165, 1.54) is 19.3 Å². The van der Waals surface area contributed by atoms with Gasteiger partial charge in [-0.2, -0.15) is 4.98 Å². The van der Waals surface area contributed by atoms with Crippen LogP contribution in [0.4, 0.5) is 0 Å². The molecule has 2 N–H and O–H groups in total. The summed E-state index contributed by atoms with van der Waals surface area (Å²) in [5.74, 6) is 2.69. The van der Waals surface area contributed by atoms with E-state index in [-0.39, 0.29) is 0 Å². The van der Waals surface area contributed by atoms with Crippen molar-refractivity contribution in [2.24, 2.45) is 17.6 Å². The second-order valence-electron chi connectivity index (χ2n) is 5.61. The summed E-state index contributed by atoms with van der Waals surface area (Å²) in [7, 11) is 0. The summed E-state index contributed by atoms with van der Waals surface area (Å²) in [5.41, 5.74) is 6.12. The van der Waals surface area contributed by atoms with Crippen molar-refractivity contribution >= 4 is 0 Å².